The lowest BCUT2D eigenvalue weighted by Crippen LogP contribution is -2.11. The summed E-state index contributed by atoms with van der Waals surface area (Å²) in [7, 11) is 1.55. The summed E-state index contributed by atoms with van der Waals surface area (Å²) in [6, 6.07) is 10.3. The number of halogens is 4. The third-order valence-corrected chi connectivity index (χ3v) is 3.37. The summed E-state index contributed by atoms with van der Waals surface area (Å²) in [5, 5.41) is 2.67. The van der Waals surface area contributed by atoms with Gasteiger partial charge in [-0.15, -0.1) is 0 Å². The molecule has 1 N–H and O–H groups in total. The van der Waals surface area contributed by atoms with E-state index < -0.39 is 23.3 Å². The summed E-state index contributed by atoms with van der Waals surface area (Å²) < 4.78 is 52.2. The minimum atomic E-state index is -4.48. The lowest BCUT2D eigenvalue weighted by Gasteiger charge is -2.11. The second kappa shape index (κ2) is 7.29. The van der Waals surface area contributed by atoms with Gasteiger partial charge in [-0.3, -0.25) is 4.79 Å². The van der Waals surface area contributed by atoms with Crippen LogP contribution >= 0.6 is 0 Å². The summed E-state index contributed by atoms with van der Waals surface area (Å²) in [5.74, 6) is -1.05. The minimum Gasteiger partial charge on any atom is -0.393 e. The van der Waals surface area contributed by atoms with Crippen LogP contribution in [-0.4, -0.2) is 12.8 Å². The van der Waals surface area contributed by atoms with E-state index in [0.29, 0.717) is 0 Å². The standard InChI is InChI=1S/C18H15F4NO/c1-23-11-15(14-7-2-3-8-16(14)19)17(24)10-12-5-4-6-13(9-12)18(20,21)22/h2-9,11,23H,10H2,1H3. The Balaban J connectivity index is 2.30. The summed E-state index contributed by atoms with van der Waals surface area (Å²) in [6.45, 7) is 0. The van der Waals surface area contributed by atoms with E-state index in [-0.39, 0.29) is 23.1 Å². The van der Waals surface area contributed by atoms with Crippen molar-refractivity contribution in [3.8, 4) is 0 Å². The zero-order valence-electron chi connectivity index (χ0n) is 12.8. The second-order valence-electron chi connectivity index (χ2n) is 5.12. The number of carbonyl (C=O) groups is 1. The highest BCUT2D eigenvalue weighted by molar-refractivity contribution is 6.21. The monoisotopic (exact) mass is 337 g/mol. The lowest BCUT2D eigenvalue weighted by molar-refractivity contribution is -0.137. The van der Waals surface area contributed by atoms with E-state index in [4.69, 9.17) is 0 Å². The average molecular weight is 337 g/mol. The Bertz CT molecular complexity index is 766. The number of Topliss-reactive ketones (excluding diaryl/α,β-unsaturated/α-hetero) is 1. The van der Waals surface area contributed by atoms with Crippen LogP contribution in [0.2, 0.25) is 0 Å². The van der Waals surface area contributed by atoms with Crippen molar-refractivity contribution in [1.82, 2.24) is 5.32 Å². The van der Waals surface area contributed by atoms with Gasteiger partial charge in [0.25, 0.3) is 0 Å². The largest absolute Gasteiger partial charge is 0.416 e. The number of nitrogens with one attached hydrogen (secondary N) is 1. The van der Waals surface area contributed by atoms with Gasteiger partial charge in [0.1, 0.15) is 5.82 Å². The van der Waals surface area contributed by atoms with Gasteiger partial charge >= 0.3 is 6.18 Å². The quantitative estimate of drug-likeness (QED) is 0.654. The fraction of sp³-hybridized carbons (Fsp3) is 0.167. The van der Waals surface area contributed by atoms with E-state index in [1.807, 2.05) is 0 Å². The summed E-state index contributed by atoms with van der Waals surface area (Å²) in [5.41, 5.74) is -0.428. The molecule has 0 heterocycles. The Morgan fingerprint density at radius 1 is 1.12 bits per heavy atom. The van der Waals surface area contributed by atoms with E-state index in [2.05, 4.69) is 5.32 Å². The number of carbonyl (C=O) groups excluding carboxylic acids is 1. The van der Waals surface area contributed by atoms with Crippen LogP contribution in [0, 0.1) is 5.82 Å². The van der Waals surface area contributed by atoms with Gasteiger partial charge in [0, 0.05) is 30.8 Å². The first-order valence-corrected chi connectivity index (χ1v) is 7.14. The number of ketones is 1. The van der Waals surface area contributed by atoms with Gasteiger partial charge in [-0.25, -0.2) is 4.39 Å². The molecular weight excluding hydrogens is 322 g/mol. The maximum atomic E-state index is 13.9. The zero-order chi connectivity index (χ0) is 17.7. The molecule has 2 rings (SSSR count). The van der Waals surface area contributed by atoms with Crippen LogP contribution in [0.4, 0.5) is 17.6 Å². The number of allylic oxidation sites excluding steroid dienone is 1. The average Bonchev–Trinajstić information content (AvgIpc) is 2.53. The van der Waals surface area contributed by atoms with Crippen molar-refractivity contribution in [3.05, 3.63) is 77.2 Å². The molecule has 0 atom stereocenters. The normalized spacial score (nSPS) is 12.1. The summed E-state index contributed by atoms with van der Waals surface area (Å²) in [4.78, 5) is 12.5. The number of alkyl halides is 3. The van der Waals surface area contributed by atoms with Crippen molar-refractivity contribution < 1.29 is 22.4 Å². The van der Waals surface area contributed by atoms with Crippen molar-refractivity contribution in [2.45, 2.75) is 12.6 Å². The van der Waals surface area contributed by atoms with Gasteiger partial charge in [-0.05, 0) is 17.7 Å². The number of hydrogen-bond donors (Lipinski definition) is 1. The molecule has 0 fully saturated rings. The van der Waals surface area contributed by atoms with Gasteiger partial charge in [0.2, 0.25) is 0 Å². The molecular formula is C18H15F4NO. The first kappa shape index (κ1) is 17.7. The van der Waals surface area contributed by atoms with Crippen LogP contribution in [0.1, 0.15) is 16.7 Å². The smallest absolute Gasteiger partial charge is 0.393 e. The fourth-order valence-corrected chi connectivity index (χ4v) is 2.27. The van der Waals surface area contributed by atoms with E-state index in [1.165, 1.54) is 36.5 Å². The Kier molecular flexibility index (Phi) is 5.39. The van der Waals surface area contributed by atoms with Gasteiger partial charge < -0.3 is 5.32 Å². The maximum absolute atomic E-state index is 13.9. The molecule has 6 heteroatoms. The van der Waals surface area contributed by atoms with Gasteiger partial charge in [-0.1, -0.05) is 36.4 Å². The minimum absolute atomic E-state index is 0.0769. The molecule has 0 aliphatic heterocycles. The van der Waals surface area contributed by atoms with E-state index in [0.717, 1.165) is 12.1 Å². The zero-order valence-corrected chi connectivity index (χ0v) is 12.8. The molecule has 0 radical (unpaired) electrons. The molecule has 126 valence electrons. The van der Waals surface area contributed by atoms with Gasteiger partial charge in [0.15, 0.2) is 5.78 Å². The third-order valence-electron chi connectivity index (χ3n) is 3.37. The topological polar surface area (TPSA) is 29.1 Å². The molecule has 2 nitrogen and oxygen atoms in total. The number of benzene rings is 2. The molecule has 0 saturated heterocycles. The molecule has 0 aliphatic rings. The van der Waals surface area contributed by atoms with Gasteiger partial charge in [0.05, 0.1) is 5.56 Å². The first-order valence-electron chi connectivity index (χ1n) is 7.14. The highest BCUT2D eigenvalue weighted by Crippen LogP contribution is 2.30. The van der Waals surface area contributed by atoms with Crippen molar-refractivity contribution >= 4 is 11.4 Å². The maximum Gasteiger partial charge on any atom is 0.416 e. The highest BCUT2D eigenvalue weighted by atomic mass is 19.4. The third kappa shape index (κ3) is 4.22. The second-order valence-corrected chi connectivity index (χ2v) is 5.12. The van der Waals surface area contributed by atoms with E-state index in [9.17, 15) is 22.4 Å². The first-order chi connectivity index (χ1) is 11.3. The Morgan fingerprint density at radius 2 is 1.83 bits per heavy atom. The summed E-state index contributed by atoms with van der Waals surface area (Å²) >= 11 is 0. The van der Waals surface area contributed by atoms with Crippen molar-refractivity contribution in [2.24, 2.45) is 0 Å². The summed E-state index contributed by atoms with van der Waals surface area (Å²) in [6.07, 6.45) is -3.39. The number of rotatable bonds is 5. The van der Waals surface area contributed by atoms with Crippen LogP contribution < -0.4 is 5.32 Å². The molecule has 2 aromatic rings. The van der Waals surface area contributed by atoms with Crippen LogP contribution in [0.25, 0.3) is 5.57 Å². The molecule has 0 spiro atoms. The van der Waals surface area contributed by atoms with Crippen molar-refractivity contribution in [2.75, 3.05) is 7.05 Å². The molecule has 0 bridgehead atoms. The molecule has 0 aliphatic carbocycles. The predicted molar refractivity (Wildman–Crippen MR) is 83.6 cm³/mol. The lowest BCUT2D eigenvalue weighted by atomic mass is 9.96. The Morgan fingerprint density at radius 3 is 2.46 bits per heavy atom. The van der Waals surface area contributed by atoms with Crippen molar-refractivity contribution in [3.63, 3.8) is 0 Å². The van der Waals surface area contributed by atoms with E-state index >= 15 is 0 Å². The van der Waals surface area contributed by atoms with Crippen LogP contribution in [0.5, 0.6) is 0 Å². The molecule has 0 unspecified atom stereocenters. The Hall–Kier alpha value is -2.63. The van der Waals surface area contributed by atoms with Crippen LogP contribution in [0.3, 0.4) is 0 Å². The molecule has 0 saturated carbocycles. The molecule has 24 heavy (non-hydrogen) atoms. The van der Waals surface area contributed by atoms with Crippen molar-refractivity contribution in [1.29, 1.82) is 0 Å². The van der Waals surface area contributed by atoms with Gasteiger partial charge in [-0.2, -0.15) is 13.2 Å². The predicted octanol–water partition coefficient (Wildman–Crippen LogP) is 4.22. The van der Waals surface area contributed by atoms with E-state index in [1.54, 1.807) is 13.1 Å². The number of hydrogen-bond acceptors (Lipinski definition) is 2. The van der Waals surface area contributed by atoms with Crippen LogP contribution in [-0.2, 0) is 17.4 Å². The highest BCUT2D eigenvalue weighted by Gasteiger charge is 2.30. The molecule has 2 aromatic carbocycles. The fourth-order valence-electron chi connectivity index (χ4n) is 2.27. The molecule has 0 aromatic heterocycles. The SMILES string of the molecule is CNC=C(C(=O)Cc1cccc(C(F)(F)F)c1)c1ccccc1F. The Labute approximate surface area is 136 Å². The van der Waals surface area contributed by atoms with Crippen LogP contribution in [0.15, 0.2) is 54.7 Å². The molecule has 0 amide bonds.